The first-order valence-electron chi connectivity index (χ1n) is 29.5. The van der Waals surface area contributed by atoms with Gasteiger partial charge in [0.2, 0.25) is 0 Å². The molecule has 0 amide bonds. The number of para-hydroxylation sites is 2. The van der Waals surface area contributed by atoms with Gasteiger partial charge in [0.1, 0.15) is 5.82 Å². The van der Waals surface area contributed by atoms with Crippen LogP contribution in [0.15, 0.2) is 279 Å². The van der Waals surface area contributed by atoms with E-state index >= 15 is 0 Å². The number of hydrogen-bond donors (Lipinski definition) is 0. The Balaban J connectivity index is 0.00000600. The second kappa shape index (κ2) is 19.5. The van der Waals surface area contributed by atoms with Gasteiger partial charge in [-0.15, -0.1) is 41.4 Å². The molecule has 6 heteroatoms. The van der Waals surface area contributed by atoms with Crippen molar-refractivity contribution >= 4 is 38.9 Å². The summed E-state index contributed by atoms with van der Waals surface area (Å²) in [6.07, 6.45) is 1.92. The Kier molecular flexibility index (Phi) is 11.8. The van der Waals surface area contributed by atoms with Crippen molar-refractivity contribution in [1.82, 2.24) is 9.55 Å². The molecule has 0 saturated carbocycles. The Morgan fingerprint density at radius 1 is 0.477 bits per heavy atom. The summed E-state index contributed by atoms with van der Waals surface area (Å²) in [6, 6.07) is 109. The van der Waals surface area contributed by atoms with Crippen LogP contribution in [0, 0.1) is 18.8 Å². The van der Waals surface area contributed by atoms with Crippen LogP contribution >= 0.6 is 0 Å². The fourth-order valence-corrected chi connectivity index (χ4v) is 15.8. The third-order valence-electron chi connectivity index (χ3n) is 19.1. The first-order valence-corrected chi connectivity index (χ1v) is 29.5. The summed E-state index contributed by atoms with van der Waals surface area (Å²) >= 11 is 0. The molecular weight excluding hydrogens is 1230 g/mol. The van der Waals surface area contributed by atoms with E-state index in [2.05, 4.69) is 315 Å². The van der Waals surface area contributed by atoms with E-state index in [4.69, 9.17) is 9.72 Å². The van der Waals surface area contributed by atoms with Crippen LogP contribution in [0.3, 0.4) is 0 Å². The van der Waals surface area contributed by atoms with Crippen LogP contribution in [0.2, 0.25) is 0 Å². The van der Waals surface area contributed by atoms with Crippen LogP contribution in [0.1, 0.15) is 87.9 Å². The molecule has 86 heavy (non-hydrogen) atoms. The molecule has 0 atom stereocenters. The van der Waals surface area contributed by atoms with E-state index in [0.29, 0.717) is 11.5 Å². The minimum absolute atomic E-state index is 0. The molecule has 0 unspecified atom stereocenters. The van der Waals surface area contributed by atoms with E-state index < -0.39 is 16.4 Å². The van der Waals surface area contributed by atoms with Crippen molar-refractivity contribution in [3.05, 3.63) is 359 Å². The Hall–Kier alpha value is -9.54. The molecule has 6 aliphatic carbocycles. The fraction of sp³-hybridized carbons (Fsp3) is 0.100. The SMILES string of the molecule is CC(C)(C)c1ccnc(-n2c3[c-]c(Oc4[c-]c(N5[CH-]N(C67c8ccccc8C(c8ccccc86)C6(c8ccccc8)c8ccccc8C7(c7ccccc7)c7ccccc76)c6ccccc65)ccc4)ccc3c3cc(-c4ccccc4)ccc32)c1.[Pt]. The van der Waals surface area contributed by atoms with Gasteiger partial charge in [0, 0.05) is 61.6 Å². The molecule has 0 radical (unpaired) electrons. The van der Waals surface area contributed by atoms with E-state index in [1.165, 1.54) is 66.8 Å². The van der Waals surface area contributed by atoms with Gasteiger partial charge in [-0.05, 0) is 113 Å². The summed E-state index contributed by atoms with van der Waals surface area (Å²) < 4.78 is 9.22. The molecule has 1 aliphatic heterocycles. The van der Waals surface area contributed by atoms with Crippen molar-refractivity contribution in [2.24, 2.45) is 0 Å². The zero-order chi connectivity index (χ0) is 56.7. The molecule has 0 N–H and O–H groups in total. The average molecular weight is 1290 g/mol. The number of anilines is 3. The molecular formula is C80H57N4OPt-3. The summed E-state index contributed by atoms with van der Waals surface area (Å²) in [6.45, 7) is 9.09. The van der Waals surface area contributed by atoms with Crippen molar-refractivity contribution in [2.75, 3.05) is 9.80 Å². The van der Waals surface area contributed by atoms with Gasteiger partial charge in [-0.3, -0.25) is 0 Å². The van der Waals surface area contributed by atoms with Crippen LogP contribution in [0.4, 0.5) is 17.1 Å². The molecule has 20 rings (SSSR count). The number of ether oxygens (including phenoxy) is 1. The van der Waals surface area contributed by atoms with Crippen molar-refractivity contribution in [1.29, 1.82) is 0 Å². The Labute approximate surface area is 516 Å². The second-order valence-corrected chi connectivity index (χ2v) is 24.2. The molecule has 5 nitrogen and oxygen atoms in total. The number of aromatic nitrogens is 2. The van der Waals surface area contributed by atoms with Gasteiger partial charge in [0.05, 0.1) is 16.4 Å². The predicted molar refractivity (Wildman–Crippen MR) is 343 cm³/mol. The maximum Gasteiger partial charge on any atom is 0.135 e. The molecule has 3 heterocycles. The van der Waals surface area contributed by atoms with Crippen molar-refractivity contribution < 1.29 is 25.8 Å². The largest absolute Gasteiger partial charge is 0.509 e. The topological polar surface area (TPSA) is 33.5 Å². The third kappa shape index (κ3) is 7.07. The van der Waals surface area contributed by atoms with E-state index in [1.54, 1.807) is 0 Å². The van der Waals surface area contributed by atoms with E-state index in [0.717, 1.165) is 50.2 Å². The standard InChI is InChI=1S/C80H57N4O.Pt/c1-77(2,3)57-46-47-81-75(49-57)84-71-45-42-54(53-24-7-4-8-25-53)48-64(71)61-44-43-60(51-74(61)84)85-59-31-23-30-58(50-59)82-52-83(73-41-22-21-40-72(73)82)80-65-34-15-13-32-62(65)76(63-33-14-16-35-66(63)80)78(55-26-9-5-10-27-55)67-36-17-19-38-69(67)79(80,56-28-11-6-12-29-56)70-39-20-18-37-68(70)78;/h4-49,52,76H,1-3H3;/q-3;. The van der Waals surface area contributed by atoms with Crippen LogP contribution in [-0.2, 0) is 42.8 Å². The maximum absolute atomic E-state index is 6.99. The van der Waals surface area contributed by atoms with Gasteiger partial charge >= 0.3 is 0 Å². The Morgan fingerprint density at radius 2 is 1.05 bits per heavy atom. The minimum atomic E-state index is -0.932. The fourth-order valence-electron chi connectivity index (χ4n) is 15.8. The molecule has 416 valence electrons. The van der Waals surface area contributed by atoms with E-state index in [-0.39, 0.29) is 32.4 Å². The van der Waals surface area contributed by atoms with Gasteiger partial charge in [-0.1, -0.05) is 239 Å². The molecule has 7 aliphatic rings. The summed E-state index contributed by atoms with van der Waals surface area (Å²) in [4.78, 5) is 9.97. The smallest absolute Gasteiger partial charge is 0.135 e. The van der Waals surface area contributed by atoms with Gasteiger partial charge in [-0.25, -0.2) is 4.98 Å². The Bertz CT molecular complexity index is 4720. The van der Waals surface area contributed by atoms with E-state index in [1.807, 2.05) is 18.3 Å². The monoisotopic (exact) mass is 1280 g/mol. The summed E-state index contributed by atoms with van der Waals surface area (Å²) in [7, 11) is 0. The van der Waals surface area contributed by atoms with Gasteiger partial charge < -0.3 is 19.1 Å². The Morgan fingerprint density at radius 3 is 1.71 bits per heavy atom. The molecule has 0 spiro atoms. The average Bonchev–Trinajstić information content (AvgIpc) is 0.699. The third-order valence-corrected chi connectivity index (χ3v) is 19.1. The first-order chi connectivity index (χ1) is 41.8. The molecule has 4 bridgehead atoms. The molecule has 11 aromatic carbocycles. The number of benzene rings is 11. The minimum Gasteiger partial charge on any atom is -0.509 e. The second-order valence-electron chi connectivity index (χ2n) is 24.2. The number of pyridine rings is 1. The summed E-state index contributed by atoms with van der Waals surface area (Å²) in [5.41, 5.74) is 18.9. The molecule has 13 aromatic rings. The normalized spacial score (nSPS) is 19.4. The van der Waals surface area contributed by atoms with Gasteiger partial charge in [-0.2, -0.15) is 18.8 Å². The zero-order valence-electron chi connectivity index (χ0n) is 47.7. The molecule has 2 aromatic heterocycles. The molecule has 0 saturated heterocycles. The van der Waals surface area contributed by atoms with Crippen LogP contribution in [-0.4, -0.2) is 9.55 Å². The zero-order valence-corrected chi connectivity index (χ0v) is 50.0. The van der Waals surface area contributed by atoms with Gasteiger partial charge in [0.25, 0.3) is 0 Å². The maximum atomic E-state index is 6.99. The van der Waals surface area contributed by atoms with Crippen LogP contribution < -0.4 is 14.5 Å². The number of nitrogens with zero attached hydrogens (tertiary/aromatic N) is 4. The van der Waals surface area contributed by atoms with Crippen molar-refractivity contribution in [3.8, 4) is 28.4 Å². The number of rotatable bonds is 8. The van der Waals surface area contributed by atoms with Gasteiger partial charge in [0.15, 0.2) is 0 Å². The summed E-state index contributed by atoms with van der Waals surface area (Å²) in [5, 5.41) is 2.19. The van der Waals surface area contributed by atoms with E-state index in [9.17, 15) is 0 Å². The molecule has 0 fully saturated rings. The quantitative estimate of drug-likeness (QED) is 0.142. The first kappa shape index (κ1) is 52.0. The van der Waals surface area contributed by atoms with Crippen molar-refractivity contribution in [3.63, 3.8) is 0 Å². The predicted octanol–water partition coefficient (Wildman–Crippen LogP) is 18.7. The number of fused-ring (bicyclic) bond motifs is 4. The van der Waals surface area contributed by atoms with Crippen LogP contribution in [0.25, 0.3) is 38.8 Å². The number of hydrogen-bond acceptors (Lipinski definition) is 4. The van der Waals surface area contributed by atoms with Crippen molar-refractivity contribution in [2.45, 2.75) is 48.5 Å². The van der Waals surface area contributed by atoms with Crippen LogP contribution in [0.5, 0.6) is 11.5 Å². The summed E-state index contributed by atoms with van der Waals surface area (Å²) in [5.74, 6) is 1.91.